The molecule has 4 rings (SSSR count). The number of carbonyl (C=O) groups is 3. The Bertz CT molecular complexity index is 781. The Labute approximate surface area is 140 Å². The molecule has 0 aromatic heterocycles. The summed E-state index contributed by atoms with van der Waals surface area (Å²) in [4.78, 5) is 37.9. The fourth-order valence-electron chi connectivity index (χ4n) is 4.49. The maximum atomic E-state index is 12.7. The highest BCUT2D eigenvalue weighted by Crippen LogP contribution is 2.49. The molecule has 0 spiro atoms. The minimum absolute atomic E-state index is 0.0427. The van der Waals surface area contributed by atoms with Crippen molar-refractivity contribution in [1.82, 2.24) is 5.32 Å². The number of nitrogens with one attached hydrogen (secondary N) is 1. The summed E-state index contributed by atoms with van der Waals surface area (Å²) in [6.07, 6.45) is 3.29. The molecule has 3 atom stereocenters. The molecule has 0 saturated carbocycles. The highest BCUT2D eigenvalue weighted by atomic mass is 16.5. The van der Waals surface area contributed by atoms with Crippen LogP contribution in [0.25, 0.3) is 0 Å². The lowest BCUT2D eigenvalue weighted by Crippen LogP contribution is -2.43. The van der Waals surface area contributed by atoms with Crippen LogP contribution < -0.4 is 5.32 Å². The quantitative estimate of drug-likeness (QED) is 0.628. The van der Waals surface area contributed by atoms with E-state index in [1.807, 2.05) is 30.3 Å². The number of Topliss-reactive ketones (excluding diaryl/α,β-unsaturated/α-hetero) is 1. The van der Waals surface area contributed by atoms with Crippen molar-refractivity contribution in [2.45, 2.75) is 25.2 Å². The van der Waals surface area contributed by atoms with E-state index in [-0.39, 0.29) is 29.9 Å². The minimum Gasteiger partial charge on any atom is -0.468 e. The van der Waals surface area contributed by atoms with Gasteiger partial charge in [-0.2, -0.15) is 0 Å². The van der Waals surface area contributed by atoms with Gasteiger partial charge in [0.25, 0.3) is 0 Å². The number of amides is 1. The highest BCUT2D eigenvalue weighted by molar-refractivity contribution is 6.08. The molecule has 1 fully saturated rings. The van der Waals surface area contributed by atoms with Crippen molar-refractivity contribution in [2.75, 3.05) is 13.7 Å². The van der Waals surface area contributed by atoms with Gasteiger partial charge >= 0.3 is 5.97 Å². The number of fused-ring (bicyclic) bond motifs is 4. The fourth-order valence-corrected chi connectivity index (χ4v) is 4.49. The number of benzene rings is 1. The highest BCUT2D eigenvalue weighted by Gasteiger charge is 2.59. The molecule has 1 aromatic rings. The first-order chi connectivity index (χ1) is 11.6. The van der Waals surface area contributed by atoms with E-state index in [0.717, 1.165) is 17.5 Å². The fraction of sp³-hybridized carbons (Fsp3) is 0.421. The molecule has 1 aliphatic heterocycles. The van der Waals surface area contributed by atoms with E-state index in [1.54, 1.807) is 0 Å². The number of allylic oxidation sites excluding steroid dienone is 2. The summed E-state index contributed by atoms with van der Waals surface area (Å²) in [5.74, 6) is -1.03. The summed E-state index contributed by atoms with van der Waals surface area (Å²) in [6.45, 7) is 0.386. The Balaban J connectivity index is 1.95. The number of esters is 1. The summed E-state index contributed by atoms with van der Waals surface area (Å²) in [5, 5.41) is 2.83. The van der Waals surface area contributed by atoms with Crippen LogP contribution in [-0.4, -0.2) is 31.3 Å². The molecule has 2 bridgehead atoms. The Morgan fingerprint density at radius 1 is 1.25 bits per heavy atom. The normalized spacial score (nSPS) is 31.1. The zero-order valence-corrected chi connectivity index (χ0v) is 13.5. The van der Waals surface area contributed by atoms with Crippen LogP contribution in [0, 0.1) is 11.3 Å². The van der Waals surface area contributed by atoms with Crippen molar-refractivity contribution in [1.29, 1.82) is 0 Å². The van der Waals surface area contributed by atoms with Crippen molar-refractivity contribution < 1.29 is 19.1 Å². The van der Waals surface area contributed by atoms with Crippen LogP contribution in [0.4, 0.5) is 0 Å². The molecule has 1 aromatic carbocycles. The monoisotopic (exact) mass is 325 g/mol. The zero-order valence-electron chi connectivity index (χ0n) is 13.5. The molecule has 0 radical (unpaired) electrons. The molecule has 1 N–H and O–H groups in total. The molecule has 1 amide bonds. The number of ether oxygens (including phenoxy) is 1. The molecule has 5 heteroatoms. The summed E-state index contributed by atoms with van der Waals surface area (Å²) < 4.78 is 5.02. The molecule has 2 aliphatic carbocycles. The predicted octanol–water partition coefficient (Wildman–Crippen LogP) is 1.52. The van der Waals surface area contributed by atoms with Crippen LogP contribution in [0.3, 0.4) is 0 Å². The molecule has 5 nitrogen and oxygen atoms in total. The summed E-state index contributed by atoms with van der Waals surface area (Å²) in [7, 11) is 1.30. The van der Waals surface area contributed by atoms with Gasteiger partial charge in [-0.05, 0) is 29.0 Å². The van der Waals surface area contributed by atoms with Gasteiger partial charge in [0.1, 0.15) is 0 Å². The van der Waals surface area contributed by atoms with Gasteiger partial charge in [-0.1, -0.05) is 30.3 Å². The molecule has 24 heavy (non-hydrogen) atoms. The summed E-state index contributed by atoms with van der Waals surface area (Å²) >= 11 is 0. The Morgan fingerprint density at radius 2 is 2.04 bits per heavy atom. The number of ketones is 1. The first-order valence-electron chi connectivity index (χ1n) is 8.24. The van der Waals surface area contributed by atoms with Crippen molar-refractivity contribution in [3.8, 4) is 0 Å². The van der Waals surface area contributed by atoms with E-state index in [0.29, 0.717) is 18.5 Å². The van der Waals surface area contributed by atoms with Crippen molar-refractivity contribution in [2.24, 2.45) is 11.3 Å². The number of hydrogen-bond acceptors (Lipinski definition) is 4. The van der Waals surface area contributed by atoms with E-state index < -0.39 is 11.4 Å². The van der Waals surface area contributed by atoms with Gasteiger partial charge in [0, 0.05) is 25.3 Å². The van der Waals surface area contributed by atoms with E-state index in [4.69, 9.17) is 4.74 Å². The van der Waals surface area contributed by atoms with E-state index >= 15 is 0 Å². The van der Waals surface area contributed by atoms with Gasteiger partial charge in [-0.25, -0.2) is 0 Å². The second-order valence-corrected chi connectivity index (χ2v) is 6.88. The molecular formula is C19H19NO4. The molecular weight excluding hydrogens is 306 g/mol. The summed E-state index contributed by atoms with van der Waals surface area (Å²) in [6, 6.07) is 7.91. The molecule has 1 unspecified atom stereocenters. The summed E-state index contributed by atoms with van der Waals surface area (Å²) in [5.41, 5.74) is 1.35. The largest absolute Gasteiger partial charge is 0.468 e. The van der Waals surface area contributed by atoms with Crippen LogP contribution in [0.5, 0.6) is 0 Å². The van der Waals surface area contributed by atoms with E-state index in [1.165, 1.54) is 7.11 Å². The third kappa shape index (κ3) is 1.97. The van der Waals surface area contributed by atoms with Gasteiger partial charge in [0.2, 0.25) is 5.91 Å². The maximum Gasteiger partial charge on any atom is 0.322 e. The zero-order chi connectivity index (χ0) is 16.9. The Hall–Kier alpha value is -2.43. The van der Waals surface area contributed by atoms with Gasteiger partial charge in [0.05, 0.1) is 7.11 Å². The van der Waals surface area contributed by atoms with E-state index in [2.05, 4.69) is 5.32 Å². The smallest absolute Gasteiger partial charge is 0.322 e. The van der Waals surface area contributed by atoms with Crippen molar-refractivity contribution >= 4 is 17.7 Å². The van der Waals surface area contributed by atoms with Gasteiger partial charge in [0.15, 0.2) is 11.2 Å². The van der Waals surface area contributed by atoms with E-state index in [9.17, 15) is 14.4 Å². The van der Waals surface area contributed by atoms with Crippen LogP contribution in [0.2, 0.25) is 0 Å². The van der Waals surface area contributed by atoms with Crippen molar-refractivity contribution in [3.05, 3.63) is 47.0 Å². The number of hydrogen-bond donors (Lipinski definition) is 1. The van der Waals surface area contributed by atoms with Crippen LogP contribution in [0.1, 0.15) is 29.9 Å². The maximum absolute atomic E-state index is 12.7. The number of methoxy groups -OCH3 is 1. The Morgan fingerprint density at radius 3 is 2.83 bits per heavy atom. The lowest BCUT2D eigenvalue weighted by atomic mass is 9.68. The standard InChI is InChI=1S/C19H19NO4/c1-24-18(23)19-9-13-7-11(8-16(13)21)6-12-4-2-3-5-14(12)15(19)10-20-17(19)22/h2-5,7,11,15H,6,8-10H2,1H3,(H,20,22)/t11-,15+,19?/m1/s1. The average molecular weight is 325 g/mol. The number of rotatable bonds is 1. The molecule has 3 aliphatic rings. The second-order valence-electron chi connectivity index (χ2n) is 6.88. The number of carbonyl (C=O) groups excluding carboxylic acids is 3. The first-order valence-corrected chi connectivity index (χ1v) is 8.24. The second kappa shape index (κ2) is 5.30. The third-order valence-electron chi connectivity index (χ3n) is 5.64. The average Bonchev–Trinajstić information content (AvgIpc) is 3.10. The minimum atomic E-state index is -1.36. The lowest BCUT2D eigenvalue weighted by Gasteiger charge is -2.31. The predicted molar refractivity (Wildman–Crippen MR) is 86.2 cm³/mol. The molecule has 1 saturated heterocycles. The third-order valence-corrected chi connectivity index (χ3v) is 5.64. The topological polar surface area (TPSA) is 72.5 Å². The van der Waals surface area contributed by atoms with Crippen LogP contribution >= 0.6 is 0 Å². The first kappa shape index (κ1) is 15.1. The van der Waals surface area contributed by atoms with Gasteiger partial charge in [-0.15, -0.1) is 0 Å². The SMILES string of the molecule is COC(=O)C12CC3=C[C@H](CC3=O)Cc3ccccc3[C@@H]1CNC2=O. The van der Waals surface area contributed by atoms with Crippen LogP contribution in [-0.2, 0) is 25.5 Å². The van der Waals surface area contributed by atoms with Crippen LogP contribution in [0.15, 0.2) is 35.9 Å². The molecule has 1 heterocycles. The van der Waals surface area contributed by atoms with Crippen molar-refractivity contribution in [3.63, 3.8) is 0 Å². The van der Waals surface area contributed by atoms with Gasteiger partial charge < -0.3 is 10.1 Å². The lowest BCUT2D eigenvalue weighted by molar-refractivity contribution is -0.157. The molecule has 124 valence electrons. The Kier molecular flexibility index (Phi) is 3.34. The van der Waals surface area contributed by atoms with Gasteiger partial charge in [-0.3, -0.25) is 14.4 Å².